The van der Waals surface area contributed by atoms with E-state index in [4.69, 9.17) is 18.3 Å². The summed E-state index contributed by atoms with van der Waals surface area (Å²) in [6.45, 7) is 0. The summed E-state index contributed by atoms with van der Waals surface area (Å²) < 4.78 is 20.6. The maximum absolute atomic E-state index is 12.2. The van der Waals surface area contributed by atoms with Crippen LogP contribution in [0.1, 0.15) is 23.4 Å². The van der Waals surface area contributed by atoms with Crippen LogP contribution in [-0.2, 0) is 19.1 Å². The van der Waals surface area contributed by atoms with Crippen LogP contribution in [0.2, 0.25) is 0 Å². The molecule has 2 aromatic rings. The minimum absolute atomic E-state index is 0.400. The van der Waals surface area contributed by atoms with E-state index in [0.29, 0.717) is 11.5 Å². The van der Waals surface area contributed by atoms with Gasteiger partial charge in [-0.05, 0) is 24.3 Å². The van der Waals surface area contributed by atoms with Crippen LogP contribution in [0, 0.1) is 11.8 Å². The number of methoxy groups -OCH3 is 2. The van der Waals surface area contributed by atoms with Crippen LogP contribution in [0.5, 0.6) is 0 Å². The minimum atomic E-state index is -0.550. The van der Waals surface area contributed by atoms with Crippen molar-refractivity contribution in [1.29, 1.82) is 0 Å². The Hall–Kier alpha value is -2.50. The lowest BCUT2D eigenvalue weighted by Crippen LogP contribution is -2.51. The first kappa shape index (κ1) is 14.4. The Bertz CT molecular complexity index is 576. The number of carbonyl (C=O) groups excluding carboxylic acids is 2. The second-order valence-corrected chi connectivity index (χ2v) is 5.18. The highest BCUT2D eigenvalue weighted by Gasteiger charge is 2.61. The monoisotopic (exact) mass is 304 g/mol. The van der Waals surface area contributed by atoms with Crippen LogP contribution in [0.15, 0.2) is 45.6 Å². The topological polar surface area (TPSA) is 78.9 Å². The lowest BCUT2D eigenvalue weighted by atomic mass is 9.55. The first-order valence-corrected chi connectivity index (χ1v) is 6.91. The van der Waals surface area contributed by atoms with Crippen molar-refractivity contribution < 1.29 is 27.9 Å². The Morgan fingerprint density at radius 2 is 1.27 bits per heavy atom. The van der Waals surface area contributed by atoms with Gasteiger partial charge in [0.2, 0.25) is 0 Å². The lowest BCUT2D eigenvalue weighted by Gasteiger charge is -2.46. The molecular formula is C16H16O6. The fraction of sp³-hybridized carbons (Fsp3) is 0.375. The van der Waals surface area contributed by atoms with E-state index in [1.54, 1.807) is 24.3 Å². The van der Waals surface area contributed by atoms with Crippen LogP contribution in [0.25, 0.3) is 0 Å². The van der Waals surface area contributed by atoms with E-state index in [9.17, 15) is 9.59 Å². The Morgan fingerprint density at radius 1 is 0.864 bits per heavy atom. The summed E-state index contributed by atoms with van der Waals surface area (Å²) in [4.78, 5) is 24.4. The van der Waals surface area contributed by atoms with Crippen molar-refractivity contribution >= 4 is 11.9 Å². The quantitative estimate of drug-likeness (QED) is 0.807. The van der Waals surface area contributed by atoms with Gasteiger partial charge in [0.25, 0.3) is 0 Å². The molecule has 1 fully saturated rings. The molecule has 0 aliphatic heterocycles. The molecule has 3 rings (SSSR count). The number of hydrogen-bond acceptors (Lipinski definition) is 6. The number of rotatable bonds is 4. The van der Waals surface area contributed by atoms with Gasteiger partial charge in [0, 0.05) is 11.8 Å². The first-order chi connectivity index (χ1) is 10.7. The molecule has 0 spiro atoms. The molecule has 6 heteroatoms. The summed E-state index contributed by atoms with van der Waals surface area (Å²) >= 11 is 0. The van der Waals surface area contributed by atoms with Gasteiger partial charge >= 0.3 is 11.9 Å². The van der Waals surface area contributed by atoms with Gasteiger partial charge in [0.15, 0.2) is 0 Å². The number of furan rings is 2. The van der Waals surface area contributed by atoms with E-state index >= 15 is 0 Å². The number of hydrogen-bond donors (Lipinski definition) is 0. The molecule has 6 nitrogen and oxygen atoms in total. The zero-order valence-electron chi connectivity index (χ0n) is 12.2. The van der Waals surface area contributed by atoms with Gasteiger partial charge < -0.3 is 18.3 Å². The Kier molecular flexibility index (Phi) is 3.75. The van der Waals surface area contributed by atoms with Crippen molar-refractivity contribution in [3.8, 4) is 0 Å². The Morgan fingerprint density at radius 3 is 1.55 bits per heavy atom. The van der Waals surface area contributed by atoms with Gasteiger partial charge in [-0.25, -0.2) is 0 Å². The zero-order valence-corrected chi connectivity index (χ0v) is 12.2. The van der Waals surface area contributed by atoms with E-state index in [2.05, 4.69) is 0 Å². The molecule has 1 aliphatic carbocycles. The van der Waals surface area contributed by atoms with Gasteiger partial charge in [-0.15, -0.1) is 0 Å². The van der Waals surface area contributed by atoms with Gasteiger partial charge in [0.05, 0.1) is 38.6 Å². The molecule has 0 saturated heterocycles. The molecule has 116 valence electrons. The largest absolute Gasteiger partial charge is 0.469 e. The lowest BCUT2D eigenvalue weighted by molar-refractivity contribution is -0.165. The molecule has 2 heterocycles. The van der Waals surface area contributed by atoms with Gasteiger partial charge in [-0.2, -0.15) is 0 Å². The molecule has 22 heavy (non-hydrogen) atoms. The van der Waals surface area contributed by atoms with Crippen LogP contribution in [0.3, 0.4) is 0 Å². The normalized spacial score (nSPS) is 27.0. The molecule has 0 N–H and O–H groups in total. The maximum Gasteiger partial charge on any atom is 0.310 e. The van der Waals surface area contributed by atoms with Crippen LogP contribution in [0.4, 0.5) is 0 Å². The summed E-state index contributed by atoms with van der Waals surface area (Å²) in [5.41, 5.74) is 0. The van der Waals surface area contributed by atoms with E-state index in [1.807, 2.05) is 0 Å². The number of carbonyl (C=O) groups is 2. The van der Waals surface area contributed by atoms with Gasteiger partial charge in [0.1, 0.15) is 11.5 Å². The fourth-order valence-electron chi connectivity index (χ4n) is 3.28. The third kappa shape index (κ3) is 2.11. The average molecular weight is 304 g/mol. The van der Waals surface area contributed by atoms with E-state index in [1.165, 1.54) is 26.7 Å². The summed E-state index contributed by atoms with van der Waals surface area (Å²) in [5, 5.41) is 0. The maximum atomic E-state index is 12.2. The standard InChI is InChI=1S/C16H16O6/c1-19-15(17)13-11(9-5-3-7-21-9)14(16(18)20-2)12(13)10-6-4-8-22-10/h3-8,11-14H,1-2H3. The highest BCUT2D eigenvalue weighted by Crippen LogP contribution is 2.58. The molecule has 0 atom stereocenters. The molecular weight excluding hydrogens is 288 g/mol. The second kappa shape index (κ2) is 5.71. The number of ether oxygens (including phenoxy) is 2. The zero-order chi connectivity index (χ0) is 15.7. The van der Waals surface area contributed by atoms with E-state index in [0.717, 1.165) is 0 Å². The summed E-state index contributed by atoms with van der Waals surface area (Å²) in [5.74, 6) is -1.62. The smallest absolute Gasteiger partial charge is 0.310 e. The van der Waals surface area contributed by atoms with Crippen LogP contribution in [-0.4, -0.2) is 26.2 Å². The fourth-order valence-corrected chi connectivity index (χ4v) is 3.28. The molecule has 2 aromatic heterocycles. The Balaban J connectivity index is 2.02. The minimum Gasteiger partial charge on any atom is -0.469 e. The van der Waals surface area contributed by atoms with Crippen LogP contribution >= 0.6 is 0 Å². The summed E-state index contributed by atoms with van der Waals surface area (Å²) in [6.07, 6.45) is 3.02. The van der Waals surface area contributed by atoms with Gasteiger partial charge in [-0.1, -0.05) is 0 Å². The predicted molar refractivity (Wildman–Crippen MR) is 73.9 cm³/mol. The third-order valence-electron chi connectivity index (χ3n) is 4.24. The van der Waals surface area contributed by atoms with Crippen molar-refractivity contribution in [2.45, 2.75) is 11.8 Å². The SMILES string of the molecule is COC(=O)C1C(c2ccco2)C(C(=O)OC)C1c1ccco1. The highest BCUT2D eigenvalue weighted by atomic mass is 16.5. The van der Waals surface area contributed by atoms with Crippen molar-refractivity contribution in [2.24, 2.45) is 11.8 Å². The highest BCUT2D eigenvalue weighted by molar-refractivity contribution is 5.84. The summed E-state index contributed by atoms with van der Waals surface area (Å²) in [7, 11) is 2.65. The Labute approximate surface area is 127 Å². The van der Waals surface area contributed by atoms with Crippen molar-refractivity contribution in [2.75, 3.05) is 14.2 Å². The van der Waals surface area contributed by atoms with Crippen LogP contribution < -0.4 is 0 Å². The molecule has 0 unspecified atom stereocenters. The van der Waals surface area contributed by atoms with Crippen molar-refractivity contribution in [3.63, 3.8) is 0 Å². The van der Waals surface area contributed by atoms with Gasteiger partial charge in [-0.3, -0.25) is 9.59 Å². The molecule has 1 saturated carbocycles. The van der Waals surface area contributed by atoms with Crippen molar-refractivity contribution in [3.05, 3.63) is 48.3 Å². The molecule has 0 radical (unpaired) electrons. The molecule has 1 aliphatic rings. The summed E-state index contributed by atoms with van der Waals surface area (Å²) in [6, 6.07) is 6.93. The predicted octanol–water partition coefficient (Wildman–Crippen LogP) is 2.33. The van der Waals surface area contributed by atoms with Crippen molar-refractivity contribution in [1.82, 2.24) is 0 Å². The van der Waals surface area contributed by atoms with E-state index < -0.39 is 35.6 Å². The molecule has 0 bridgehead atoms. The molecule has 0 aromatic carbocycles. The number of esters is 2. The average Bonchev–Trinajstić information content (AvgIpc) is 3.19. The molecule has 0 amide bonds. The second-order valence-electron chi connectivity index (χ2n) is 5.18. The van der Waals surface area contributed by atoms with E-state index in [-0.39, 0.29) is 0 Å². The first-order valence-electron chi connectivity index (χ1n) is 6.91. The third-order valence-corrected chi connectivity index (χ3v) is 4.24.